The second kappa shape index (κ2) is 7.84. The lowest BCUT2D eigenvalue weighted by atomic mass is 10.1. The van der Waals surface area contributed by atoms with Crippen LogP contribution in [0, 0.1) is 0 Å². The van der Waals surface area contributed by atoms with E-state index in [1.165, 1.54) is 50.6 Å². The normalized spacial score (nSPS) is 27.6. The average molecular weight is 275 g/mol. The number of unbranched alkanes of at least 4 members (excludes halogenated alkanes) is 5. The molecule has 1 unspecified atom stereocenters. The zero-order valence-corrected chi connectivity index (χ0v) is 15.5. The lowest BCUT2D eigenvalue weighted by molar-refractivity contribution is 0.132. The van der Waals surface area contributed by atoms with Gasteiger partial charge in [-0.2, -0.15) is 0 Å². The van der Waals surface area contributed by atoms with Crippen molar-refractivity contribution in [2.75, 3.05) is 0 Å². The molecule has 0 saturated carbocycles. The fourth-order valence-corrected chi connectivity index (χ4v) is 24.4. The van der Waals surface area contributed by atoms with E-state index >= 15 is 0 Å². The Morgan fingerprint density at radius 2 is 1.81 bits per heavy atom. The maximum atomic E-state index is 6.34. The Morgan fingerprint density at radius 1 is 1.12 bits per heavy atom. The first-order chi connectivity index (χ1) is 7.64. The molecule has 4 heteroatoms. The molecule has 1 aliphatic rings. The standard InChI is InChI=1S/C12H30OSi3/c1-4-5-6-7-8-9-10-16-13-12(2,3)11-14-15-16/h16H,4-11,14-15H2,1-3H3. The molecule has 1 atom stereocenters. The van der Waals surface area contributed by atoms with Gasteiger partial charge in [0.25, 0.3) is 0 Å². The van der Waals surface area contributed by atoms with Gasteiger partial charge in [-0.3, -0.25) is 0 Å². The van der Waals surface area contributed by atoms with Gasteiger partial charge in [0.1, 0.15) is 0 Å². The predicted molar refractivity (Wildman–Crippen MR) is 82.4 cm³/mol. The van der Waals surface area contributed by atoms with E-state index in [0.29, 0.717) is 23.2 Å². The fraction of sp³-hybridized carbons (Fsp3) is 1.00. The van der Waals surface area contributed by atoms with Crippen molar-refractivity contribution in [2.45, 2.75) is 77.0 Å². The Morgan fingerprint density at radius 3 is 2.50 bits per heavy atom. The van der Waals surface area contributed by atoms with E-state index in [-0.39, 0.29) is 0 Å². The van der Waals surface area contributed by atoms with Gasteiger partial charge in [-0.25, -0.2) is 0 Å². The SMILES string of the molecule is CCCCCCCC[SiH]1OC(C)(C)C[SiH2][SiH2]1. The molecule has 1 saturated heterocycles. The van der Waals surface area contributed by atoms with Crippen molar-refractivity contribution in [2.24, 2.45) is 0 Å². The van der Waals surface area contributed by atoms with Crippen molar-refractivity contribution in [3.63, 3.8) is 0 Å². The van der Waals surface area contributed by atoms with Gasteiger partial charge in [0.2, 0.25) is 0 Å². The van der Waals surface area contributed by atoms with E-state index in [0.717, 1.165) is 0 Å². The third kappa shape index (κ3) is 6.37. The summed E-state index contributed by atoms with van der Waals surface area (Å²) in [6.07, 6.45) is 8.69. The minimum atomic E-state index is -0.609. The van der Waals surface area contributed by atoms with Crippen LogP contribution >= 0.6 is 0 Å². The second-order valence-corrected chi connectivity index (χ2v) is 21.6. The Labute approximate surface area is 108 Å². The molecule has 0 radical (unpaired) electrons. The highest BCUT2D eigenvalue weighted by atomic mass is 29.5. The molecule has 96 valence electrons. The van der Waals surface area contributed by atoms with Gasteiger partial charge in [-0.1, -0.05) is 45.4 Å². The molecular weight excluding hydrogens is 244 g/mol. The molecule has 1 rings (SSSR count). The van der Waals surface area contributed by atoms with E-state index in [1.54, 1.807) is 0 Å². The summed E-state index contributed by atoms with van der Waals surface area (Å²) in [7, 11) is 0.141. The van der Waals surface area contributed by atoms with Gasteiger partial charge in [-0.05, 0) is 25.9 Å². The van der Waals surface area contributed by atoms with Crippen LogP contribution in [0.15, 0.2) is 0 Å². The summed E-state index contributed by atoms with van der Waals surface area (Å²) in [5.41, 5.74) is 0.302. The molecule has 0 N–H and O–H groups in total. The smallest absolute Gasteiger partial charge is 0.155 e. The van der Waals surface area contributed by atoms with E-state index in [4.69, 9.17) is 4.43 Å². The van der Waals surface area contributed by atoms with Crippen LogP contribution < -0.4 is 0 Å². The second-order valence-electron chi connectivity index (χ2n) is 5.95. The van der Waals surface area contributed by atoms with Crippen molar-refractivity contribution in [1.29, 1.82) is 0 Å². The molecule has 1 fully saturated rings. The first kappa shape index (κ1) is 14.7. The number of hydrogen-bond acceptors (Lipinski definition) is 1. The minimum absolute atomic E-state index is 0.302. The summed E-state index contributed by atoms with van der Waals surface area (Å²) in [4.78, 5) is 0. The molecule has 1 aliphatic heterocycles. The zero-order valence-electron chi connectivity index (χ0n) is 11.6. The van der Waals surface area contributed by atoms with Crippen molar-refractivity contribution in [3.05, 3.63) is 0 Å². The Balaban J connectivity index is 2.00. The van der Waals surface area contributed by atoms with E-state index in [1.807, 2.05) is 0 Å². The quantitative estimate of drug-likeness (QED) is 0.510. The Kier molecular flexibility index (Phi) is 7.19. The molecule has 0 aromatic heterocycles. The summed E-state index contributed by atoms with van der Waals surface area (Å²) in [5.74, 6) is 0. The van der Waals surface area contributed by atoms with Crippen molar-refractivity contribution < 1.29 is 4.43 Å². The highest BCUT2D eigenvalue weighted by Gasteiger charge is 2.29. The molecular formula is C12H30OSi3. The van der Waals surface area contributed by atoms with Gasteiger partial charge in [-0.15, -0.1) is 0 Å². The molecule has 0 bridgehead atoms. The van der Waals surface area contributed by atoms with Crippen LogP contribution in [0.1, 0.15) is 59.3 Å². The van der Waals surface area contributed by atoms with Crippen LogP contribution in [0.5, 0.6) is 0 Å². The maximum absolute atomic E-state index is 6.34. The fourth-order valence-electron chi connectivity index (χ4n) is 2.68. The van der Waals surface area contributed by atoms with E-state index in [9.17, 15) is 0 Å². The molecule has 0 aliphatic carbocycles. The molecule has 1 heterocycles. The summed E-state index contributed by atoms with van der Waals surface area (Å²) < 4.78 is 6.34. The van der Waals surface area contributed by atoms with Gasteiger partial charge in [0.05, 0.1) is 0 Å². The van der Waals surface area contributed by atoms with Crippen LogP contribution in [0.4, 0.5) is 0 Å². The summed E-state index contributed by atoms with van der Waals surface area (Å²) in [6.45, 7) is 6.95. The van der Waals surface area contributed by atoms with E-state index in [2.05, 4.69) is 20.8 Å². The summed E-state index contributed by atoms with van der Waals surface area (Å²) >= 11 is 0. The van der Waals surface area contributed by atoms with Gasteiger partial charge in [0, 0.05) is 23.2 Å². The third-order valence-corrected chi connectivity index (χ3v) is 23.7. The molecule has 0 aromatic carbocycles. The maximum Gasteiger partial charge on any atom is 0.155 e. The summed E-state index contributed by atoms with van der Waals surface area (Å²) in [6, 6.07) is 2.99. The molecule has 0 amide bonds. The lowest BCUT2D eigenvalue weighted by Crippen LogP contribution is -2.46. The average Bonchev–Trinajstić information content (AvgIpc) is 2.22. The first-order valence-electron chi connectivity index (χ1n) is 7.32. The molecule has 0 aromatic rings. The van der Waals surface area contributed by atoms with Crippen LogP contribution in [0.2, 0.25) is 12.1 Å². The molecule has 16 heavy (non-hydrogen) atoms. The van der Waals surface area contributed by atoms with Crippen molar-refractivity contribution >= 4 is 26.1 Å². The van der Waals surface area contributed by atoms with Crippen molar-refractivity contribution in [1.82, 2.24) is 0 Å². The van der Waals surface area contributed by atoms with Gasteiger partial charge in [0.15, 0.2) is 8.56 Å². The number of rotatable bonds is 7. The van der Waals surface area contributed by atoms with E-state index < -0.39 is 8.56 Å². The molecule has 1 nitrogen and oxygen atoms in total. The Hall–Kier alpha value is 0.611. The largest absolute Gasteiger partial charge is 0.420 e. The van der Waals surface area contributed by atoms with Crippen molar-refractivity contribution in [3.8, 4) is 0 Å². The van der Waals surface area contributed by atoms with Crippen LogP contribution in [-0.2, 0) is 4.43 Å². The van der Waals surface area contributed by atoms with Gasteiger partial charge >= 0.3 is 0 Å². The highest BCUT2D eigenvalue weighted by molar-refractivity contribution is 7.34. The van der Waals surface area contributed by atoms with Crippen LogP contribution in [0.25, 0.3) is 0 Å². The third-order valence-electron chi connectivity index (χ3n) is 3.67. The van der Waals surface area contributed by atoms with Crippen LogP contribution in [0.3, 0.4) is 0 Å². The molecule has 0 spiro atoms. The first-order valence-corrected chi connectivity index (χ1v) is 16.9. The minimum Gasteiger partial charge on any atom is -0.420 e. The highest BCUT2D eigenvalue weighted by Crippen LogP contribution is 2.22. The topological polar surface area (TPSA) is 9.23 Å². The predicted octanol–water partition coefficient (Wildman–Crippen LogP) is 2.05. The van der Waals surface area contributed by atoms with Gasteiger partial charge < -0.3 is 4.43 Å². The van der Waals surface area contributed by atoms with Crippen LogP contribution in [-0.4, -0.2) is 31.8 Å². The summed E-state index contributed by atoms with van der Waals surface area (Å²) in [5, 5.41) is 0. The monoisotopic (exact) mass is 274 g/mol. The number of hydrogen-bond donors (Lipinski definition) is 0. The Bertz CT molecular complexity index is 185. The lowest BCUT2D eigenvalue weighted by Gasteiger charge is -2.35. The zero-order chi connectivity index (χ0) is 11.9.